The van der Waals surface area contributed by atoms with Crippen LogP contribution in [0.1, 0.15) is 0 Å². The Morgan fingerprint density at radius 3 is 2.46 bits per heavy atom. The predicted molar refractivity (Wildman–Crippen MR) is 146 cm³/mol. The first kappa shape index (κ1) is 23.5. The molecule has 0 atom stereocenters. The lowest BCUT2D eigenvalue weighted by Crippen LogP contribution is -2.44. The van der Waals surface area contributed by atoms with Crippen LogP contribution in [0, 0.1) is 5.82 Å². The van der Waals surface area contributed by atoms with Gasteiger partial charge in [-0.1, -0.05) is 23.7 Å². The van der Waals surface area contributed by atoms with Gasteiger partial charge in [0.25, 0.3) is 0 Å². The van der Waals surface area contributed by atoms with Crippen LogP contribution in [0.3, 0.4) is 0 Å². The van der Waals surface area contributed by atoms with Crippen molar-refractivity contribution < 1.29 is 4.39 Å². The second kappa shape index (κ2) is 9.84. The minimum atomic E-state index is -0.396. The first-order chi connectivity index (χ1) is 18.0. The second-order valence-electron chi connectivity index (χ2n) is 9.22. The smallest absolute Gasteiger partial charge is 0.160 e. The largest absolute Gasteiger partial charge is 0.369 e. The maximum atomic E-state index is 14.7. The molecule has 0 aliphatic carbocycles. The number of hydrogen-bond acceptors (Lipinski definition) is 6. The monoisotopic (exact) mass is 510 g/mol. The number of piperazine rings is 1. The SMILES string of the molecule is CN1CCN(c2ccc(-c3cc(-c4cc(-c5cc(Cl)ccc5F)nc5ncccc45)cnn3)cc2)CC1. The zero-order valence-electron chi connectivity index (χ0n) is 20.3. The fourth-order valence-corrected chi connectivity index (χ4v) is 4.86. The molecule has 0 spiro atoms. The second-order valence-corrected chi connectivity index (χ2v) is 9.66. The van der Waals surface area contributed by atoms with Gasteiger partial charge in [-0.15, -0.1) is 0 Å². The molecule has 1 aliphatic rings. The summed E-state index contributed by atoms with van der Waals surface area (Å²) in [4.78, 5) is 13.8. The topological polar surface area (TPSA) is 58.0 Å². The number of halogens is 2. The van der Waals surface area contributed by atoms with Crippen molar-refractivity contribution >= 4 is 28.3 Å². The lowest BCUT2D eigenvalue weighted by Gasteiger charge is -2.34. The van der Waals surface area contributed by atoms with Gasteiger partial charge in [0.05, 0.1) is 17.6 Å². The van der Waals surface area contributed by atoms with E-state index in [1.165, 1.54) is 17.8 Å². The van der Waals surface area contributed by atoms with Crippen LogP contribution in [0.15, 0.2) is 79.1 Å². The van der Waals surface area contributed by atoms with Crippen molar-refractivity contribution in [3.8, 4) is 33.6 Å². The maximum absolute atomic E-state index is 14.7. The molecule has 6 nitrogen and oxygen atoms in total. The highest BCUT2D eigenvalue weighted by Crippen LogP contribution is 2.34. The van der Waals surface area contributed by atoms with Gasteiger partial charge in [-0.05, 0) is 67.2 Å². The third-order valence-corrected chi connectivity index (χ3v) is 7.02. The number of hydrogen-bond donors (Lipinski definition) is 0. The summed E-state index contributed by atoms with van der Waals surface area (Å²) in [7, 11) is 2.16. The zero-order valence-corrected chi connectivity index (χ0v) is 21.0. The van der Waals surface area contributed by atoms with Gasteiger partial charge in [-0.25, -0.2) is 14.4 Å². The fraction of sp³-hybridized carbons (Fsp3) is 0.172. The fourth-order valence-electron chi connectivity index (χ4n) is 4.69. The van der Waals surface area contributed by atoms with Gasteiger partial charge in [0.1, 0.15) is 5.82 Å². The minimum absolute atomic E-state index is 0.322. The normalized spacial score (nSPS) is 14.3. The van der Waals surface area contributed by atoms with Crippen molar-refractivity contribution in [3.63, 3.8) is 0 Å². The Hall–Kier alpha value is -3.94. The van der Waals surface area contributed by atoms with E-state index in [0.29, 0.717) is 21.9 Å². The van der Waals surface area contributed by atoms with E-state index in [1.807, 2.05) is 24.3 Å². The van der Waals surface area contributed by atoms with Crippen LogP contribution in [0.4, 0.5) is 10.1 Å². The van der Waals surface area contributed by atoms with Gasteiger partial charge >= 0.3 is 0 Å². The summed E-state index contributed by atoms with van der Waals surface area (Å²) in [6.45, 7) is 4.16. The van der Waals surface area contributed by atoms with E-state index >= 15 is 0 Å². The molecule has 1 aliphatic heterocycles. The quantitative estimate of drug-likeness (QED) is 0.297. The third kappa shape index (κ3) is 4.75. The molecular weight excluding hydrogens is 487 g/mol. The highest BCUT2D eigenvalue weighted by molar-refractivity contribution is 6.30. The van der Waals surface area contributed by atoms with Crippen LogP contribution in [0.25, 0.3) is 44.7 Å². The molecule has 0 bridgehead atoms. The Morgan fingerprint density at radius 2 is 1.65 bits per heavy atom. The molecule has 5 aromatic rings. The van der Waals surface area contributed by atoms with Gasteiger partial charge < -0.3 is 9.80 Å². The molecule has 0 amide bonds. The molecule has 4 heterocycles. The number of rotatable bonds is 4. The zero-order chi connectivity index (χ0) is 25.4. The van der Waals surface area contributed by atoms with Crippen LogP contribution in [-0.4, -0.2) is 58.3 Å². The summed E-state index contributed by atoms with van der Waals surface area (Å²) < 4.78 is 14.7. The first-order valence-electron chi connectivity index (χ1n) is 12.1. The number of nitrogens with zero attached hydrogens (tertiary/aromatic N) is 6. The van der Waals surface area contributed by atoms with E-state index in [1.54, 1.807) is 18.5 Å². The number of anilines is 1. The van der Waals surface area contributed by atoms with Crippen LogP contribution in [0.2, 0.25) is 5.02 Å². The van der Waals surface area contributed by atoms with Gasteiger partial charge in [-0.3, -0.25) is 0 Å². The summed E-state index contributed by atoms with van der Waals surface area (Å²) in [5.41, 5.74) is 5.93. The van der Waals surface area contributed by atoms with Crippen molar-refractivity contribution in [2.45, 2.75) is 0 Å². The van der Waals surface area contributed by atoms with Crippen LogP contribution in [0.5, 0.6) is 0 Å². The van der Waals surface area contributed by atoms with Crippen LogP contribution < -0.4 is 4.90 Å². The molecule has 0 radical (unpaired) electrons. The predicted octanol–water partition coefficient (Wildman–Crippen LogP) is 5.97. The molecule has 184 valence electrons. The number of fused-ring (bicyclic) bond motifs is 1. The Labute approximate surface area is 219 Å². The average molecular weight is 511 g/mol. The molecule has 6 rings (SSSR count). The number of benzene rings is 2. The summed E-state index contributed by atoms with van der Waals surface area (Å²) >= 11 is 6.16. The standard InChI is InChI=1S/C29H24ClFN6/c1-36-11-13-37(14-12-36)22-7-4-19(5-8-22)27-15-20(18-33-35-27)24-17-28(25-16-21(30)6-9-26(25)31)34-29-23(24)3-2-10-32-29/h2-10,15-18H,11-14H2,1H3. The molecule has 8 heteroatoms. The van der Waals surface area contributed by atoms with E-state index in [4.69, 9.17) is 11.6 Å². The summed E-state index contributed by atoms with van der Waals surface area (Å²) in [6, 6.07) is 20.6. The lowest BCUT2D eigenvalue weighted by atomic mass is 9.99. The van der Waals surface area contributed by atoms with E-state index in [9.17, 15) is 4.39 Å². The van der Waals surface area contributed by atoms with Crippen molar-refractivity contribution in [2.24, 2.45) is 0 Å². The summed E-state index contributed by atoms with van der Waals surface area (Å²) in [5, 5.41) is 9.98. The molecule has 0 saturated carbocycles. The number of pyridine rings is 2. The van der Waals surface area contributed by atoms with Crippen molar-refractivity contribution in [1.29, 1.82) is 0 Å². The van der Waals surface area contributed by atoms with Crippen molar-refractivity contribution in [3.05, 3.63) is 90.0 Å². The Balaban J connectivity index is 1.39. The Bertz CT molecular complexity index is 1580. The molecule has 1 fully saturated rings. The average Bonchev–Trinajstić information content (AvgIpc) is 2.94. The van der Waals surface area contributed by atoms with Crippen LogP contribution in [-0.2, 0) is 0 Å². The van der Waals surface area contributed by atoms with Crippen molar-refractivity contribution in [2.75, 3.05) is 38.1 Å². The highest BCUT2D eigenvalue weighted by atomic mass is 35.5. The molecule has 0 unspecified atom stereocenters. The third-order valence-electron chi connectivity index (χ3n) is 6.79. The van der Waals surface area contributed by atoms with E-state index in [0.717, 1.165) is 53.9 Å². The first-order valence-corrected chi connectivity index (χ1v) is 12.5. The molecule has 1 saturated heterocycles. The molecule has 37 heavy (non-hydrogen) atoms. The molecular formula is C29H24ClFN6. The van der Waals surface area contributed by atoms with E-state index < -0.39 is 5.82 Å². The maximum Gasteiger partial charge on any atom is 0.160 e. The van der Waals surface area contributed by atoms with Gasteiger partial charge in [0, 0.05) is 65.2 Å². The Kier molecular flexibility index (Phi) is 6.24. The van der Waals surface area contributed by atoms with Gasteiger partial charge in [0.15, 0.2) is 5.65 Å². The Morgan fingerprint density at radius 1 is 0.838 bits per heavy atom. The van der Waals surface area contributed by atoms with Crippen LogP contribution >= 0.6 is 11.6 Å². The minimum Gasteiger partial charge on any atom is -0.369 e. The van der Waals surface area contributed by atoms with Crippen molar-refractivity contribution in [1.82, 2.24) is 25.1 Å². The summed E-state index contributed by atoms with van der Waals surface area (Å²) in [6.07, 6.45) is 3.39. The summed E-state index contributed by atoms with van der Waals surface area (Å²) in [5.74, 6) is -0.396. The number of aromatic nitrogens is 4. The lowest BCUT2D eigenvalue weighted by molar-refractivity contribution is 0.313. The van der Waals surface area contributed by atoms with Gasteiger partial charge in [0.2, 0.25) is 0 Å². The van der Waals surface area contributed by atoms with E-state index in [2.05, 4.69) is 61.3 Å². The molecule has 2 aromatic carbocycles. The molecule has 3 aromatic heterocycles. The molecule has 0 N–H and O–H groups in total. The van der Waals surface area contributed by atoms with Gasteiger partial charge in [-0.2, -0.15) is 10.2 Å². The van der Waals surface area contributed by atoms with E-state index in [-0.39, 0.29) is 0 Å². The number of likely N-dealkylation sites (N-methyl/N-ethyl adjacent to an activating group) is 1. The highest BCUT2D eigenvalue weighted by Gasteiger charge is 2.16.